The molecule has 0 radical (unpaired) electrons. The summed E-state index contributed by atoms with van der Waals surface area (Å²) >= 11 is 0. The smallest absolute Gasteiger partial charge is 0.170 e. The molecule has 0 fully saturated rings. The lowest BCUT2D eigenvalue weighted by Crippen LogP contribution is -2.11. The molecule has 2 rings (SSSR count). The van der Waals surface area contributed by atoms with Crippen LogP contribution in [0.3, 0.4) is 0 Å². The second-order valence-corrected chi connectivity index (χ2v) is 4.10. The number of hydrogen-bond donors (Lipinski definition) is 0. The van der Waals surface area contributed by atoms with Gasteiger partial charge >= 0.3 is 0 Å². The van der Waals surface area contributed by atoms with Crippen molar-refractivity contribution >= 4 is 18.2 Å². The highest BCUT2D eigenvalue weighted by molar-refractivity contribution is 6.00. The monoisotopic (exact) mass is 260 g/mol. The first-order chi connectivity index (χ1) is 8.33. The van der Waals surface area contributed by atoms with E-state index in [1.807, 2.05) is 60.7 Å². The molecule has 0 aliphatic heterocycles. The summed E-state index contributed by atoms with van der Waals surface area (Å²) in [5.41, 5.74) is 1.90. The minimum Gasteiger partial charge on any atom is -0.293 e. The van der Waals surface area contributed by atoms with Gasteiger partial charge in [0.2, 0.25) is 0 Å². The summed E-state index contributed by atoms with van der Waals surface area (Å²) in [7, 11) is 0. The quantitative estimate of drug-likeness (QED) is 0.741. The Hall–Kier alpha value is -1.60. The SMILES string of the molecule is CCC(C(=O)c1ccccc1)c1ccccc1.Cl. The van der Waals surface area contributed by atoms with Gasteiger partial charge in [-0.1, -0.05) is 67.6 Å². The summed E-state index contributed by atoms with van der Waals surface area (Å²) in [4.78, 5) is 12.4. The maximum Gasteiger partial charge on any atom is 0.170 e. The lowest BCUT2D eigenvalue weighted by Gasteiger charge is -2.14. The van der Waals surface area contributed by atoms with E-state index in [4.69, 9.17) is 0 Å². The highest BCUT2D eigenvalue weighted by Gasteiger charge is 2.19. The maximum absolute atomic E-state index is 12.4. The Kier molecular flexibility index (Phi) is 5.60. The molecule has 0 bridgehead atoms. The van der Waals surface area contributed by atoms with Crippen LogP contribution >= 0.6 is 12.4 Å². The average molecular weight is 261 g/mol. The first-order valence-electron chi connectivity index (χ1n) is 5.97. The molecular weight excluding hydrogens is 244 g/mol. The molecule has 18 heavy (non-hydrogen) atoms. The third-order valence-electron chi connectivity index (χ3n) is 2.98. The molecule has 1 unspecified atom stereocenters. The maximum atomic E-state index is 12.4. The van der Waals surface area contributed by atoms with Crippen LogP contribution in [-0.4, -0.2) is 5.78 Å². The molecule has 0 N–H and O–H groups in total. The summed E-state index contributed by atoms with van der Waals surface area (Å²) in [6, 6.07) is 19.5. The largest absolute Gasteiger partial charge is 0.293 e. The van der Waals surface area contributed by atoms with Crippen LogP contribution < -0.4 is 0 Å². The summed E-state index contributed by atoms with van der Waals surface area (Å²) in [6.07, 6.45) is 0.831. The van der Waals surface area contributed by atoms with Gasteiger partial charge in [0.25, 0.3) is 0 Å². The van der Waals surface area contributed by atoms with E-state index < -0.39 is 0 Å². The van der Waals surface area contributed by atoms with Crippen molar-refractivity contribution in [2.24, 2.45) is 0 Å². The Morgan fingerprint density at radius 3 is 1.94 bits per heavy atom. The van der Waals surface area contributed by atoms with E-state index in [2.05, 4.69) is 6.92 Å². The highest BCUT2D eigenvalue weighted by Crippen LogP contribution is 2.23. The van der Waals surface area contributed by atoms with Gasteiger partial charge in [-0.05, 0) is 12.0 Å². The van der Waals surface area contributed by atoms with Crippen molar-refractivity contribution in [1.29, 1.82) is 0 Å². The van der Waals surface area contributed by atoms with E-state index >= 15 is 0 Å². The van der Waals surface area contributed by atoms with E-state index in [0.717, 1.165) is 17.5 Å². The fraction of sp³-hybridized carbons (Fsp3) is 0.188. The van der Waals surface area contributed by atoms with Gasteiger partial charge in [0.05, 0.1) is 0 Å². The summed E-state index contributed by atoms with van der Waals surface area (Å²) in [5, 5.41) is 0. The van der Waals surface area contributed by atoms with Crippen molar-refractivity contribution in [3.63, 3.8) is 0 Å². The number of hydrogen-bond acceptors (Lipinski definition) is 1. The minimum absolute atomic E-state index is 0. The van der Waals surface area contributed by atoms with Crippen molar-refractivity contribution < 1.29 is 4.79 Å². The van der Waals surface area contributed by atoms with Gasteiger partial charge in [0, 0.05) is 11.5 Å². The normalized spacial score (nSPS) is 11.4. The van der Waals surface area contributed by atoms with Gasteiger partial charge in [-0.15, -0.1) is 12.4 Å². The number of ketones is 1. The van der Waals surface area contributed by atoms with Gasteiger partial charge in [-0.3, -0.25) is 4.79 Å². The summed E-state index contributed by atoms with van der Waals surface area (Å²) in [5.74, 6) is 0.179. The van der Waals surface area contributed by atoms with Crippen molar-refractivity contribution in [3.8, 4) is 0 Å². The first kappa shape index (κ1) is 14.5. The van der Waals surface area contributed by atoms with Gasteiger partial charge in [0.15, 0.2) is 5.78 Å². The zero-order valence-corrected chi connectivity index (χ0v) is 11.2. The van der Waals surface area contributed by atoms with Gasteiger partial charge in [-0.2, -0.15) is 0 Å². The molecule has 0 aromatic heterocycles. The Bertz CT molecular complexity index is 479. The molecule has 0 saturated carbocycles. The number of rotatable bonds is 4. The van der Waals surface area contributed by atoms with Crippen molar-refractivity contribution in [2.45, 2.75) is 19.3 Å². The Morgan fingerprint density at radius 2 is 1.44 bits per heavy atom. The molecule has 1 nitrogen and oxygen atoms in total. The van der Waals surface area contributed by atoms with E-state index in [-0.39, 0.29) is 24.1 Å². The minimum atomic E-state index is -0.0291. The number of carbonyl (C=O) groups excluding carboxylic acids is 1. The molecule has 0 aliphatic rings. The average Bonchev–Trinajstić information content (AvgIpc) is 2.42. The van der Waals surface area contributed by atoms with Crippen LogP contribution in [0.4, 0.5) is 0 Å². The third kappa shape index (κ3) is 3.21. The predicted molar refractivity (Wildman–Crippen MR) is 77.5 cm³/mol. The number of benzene rings is 2. The van der Waals surface area contributed by atoms with Crippen molar-refractivity contribution in [2.75, 3.05) is 0 Å². The molecule has 0 amide bonds. The van der Waals surface area contributed by atoms with Crippen LogP contribution in [0.5, 0.6) is 0 Å². The number of halogens is 1. The standard InChI is InChI=1S/C16H16O.ClH/c1-2-15(13-9-5-3-6-10-13)16(17)14-11-7-4-8-12-14;/h3-12,15H,2H2,1H3;1H. The second-order valence-electron chi connectivity index (χ2n) is 4.10. The number of carbonyl (C=O) groups is 1. The van der Waals surface area contributed by atoms with E-state index in [0.29, 0.717) is 0 Å². The fourth-order valence-corrected chi connectivity index (χ4v) is 2.06. The van der Waals surface area contributed by atoms with Crippen molar-refractivity contribution in [3.05, 3.63) is 71.8 Å². The van der Waals surface area contributed by atoms with Gasteiger partial charge in [-0.25, -0.2) is 0 Å². The predicted octanol–water partition coefficient (Wildman–Crippen LogP) is 4.48. The Morgan fingerprint density at radius 1 is 0.944 bits per heavy atom. The first-order valence-corrected chi connectivity index (χ1v) is 5.97. The summed E-state index contributed by atoms with van der Waals surface area (Å²) in [6.45, 7) is 2.05. The lowest BCUT2D eigenvalue weighted by atomic mass is 9.89. The molecule has 2 heteroatoms. The van der Waals surface area contributed by atoms with Crippen molar-refractivity contribution in [1.82, 2.24) is 0 Å². The number of Topliss-reactive ketones (excluding diaryl/α,β-unsaturated/α-hetero) is 1. The topological polar surface area (TPSA) is 17.1 Å². The van der Waals surface area contributed by atoms with Gasteiger partial charge in [0.1, 0.15) is 0 Å². The highest BCUT2D eigenvalue weighted by atomic mass is 35.5. The Labute approximate surface area is 114 Å². The van der Waals surface area contributed by atoms with Crippen LogP contribution in [0.1, 0.15) is 35.2 Å². The molecule has 0 heterocycles. The van der Waals surface area contributed by atoms with E-state index in [1.165, 1.54) is 0 Å². The molecule has 2 aromatic carbocycles. The molecule has 2 aromatic rings. The van der Waals surface area contributed by atoms with Crippen LogP contribution in [0.15, 0.2) is 60.7 Å². The zero-order chi connectivity index (χ0) is 12.1. The van der Waals surface area contributed by atoms with E-state index in [1.54, 1.807) is 0 Å². The van der Waals surface area contributed by atoms with Crippen LogP contribution in [0.2, 0.25) is 0 Å². The van der Waals surface area contributed by atoms with E-state index in [9.17, 15) is 4.79 Å². The lowest BCUT2D eigenvalue weighted by molar-refractivity contribution is 0.0957. The molecule has 0 aliphatic carbocycles. The fourth-order valence-electron chi connectivity index (χ4n) is 2.06. The summed E-state index contributed by atoms with van der Waals surface area (Å²) < 4.78 is 0. The molecule has 94 valence electrons. The molecule has 1 atom stereocenters. The van der Waals surface area contributed by atoms with Crippen LogP contribution in [-0.2, 0) is 0 Å². The van der Waals surface area contributed by atoms with Crippen LogP contribution in [0.25, 0.3) is 0 Å². The molecule has 0 saturated heterocycles. The zero-order valence-electron chi connectivity index (χ0n) is 10.4. The Balaban J connectivity index is 0.00000162. The third-order valence-corrected chi connectivity index (χ3v) is 2.98. The van der Waals surface area contributed by atoms with Gasteiger partial charge < -0.3 is 0 Å². The second kappa shape index (κ2) is 6.97. The van der Waals surface area contributed by atoms with Crippen LogP contribution in [0, 0.1) is 0 Å². The molecule has 0 spiro atoms. The molecular formula is C16H17ClO.